The molecule has 1 aromatic heterocycles. The lowest BCUT2D eigenvalue weighted by Crippen LogP contribution is -2.20. The fraction of sp³-hybridized carbons (Fsp3) is 0.556. The number of aliphatic hydroxyl groups is 1. The van der Waals surface area contributed by atoms with E-state index in [9.17, 15) is 0 Å². The van der Waals surface area contributed by atoms with Crippen LogP contribution in [0.3, 0.4) is 0 Å². The molecule has 0 saturated heterocycles. The molecule has 0 aliphatic heterocycles. The Hall–Kier alpha value is -0.0900. The van der Waals surface area contributed by atoms with E-state index in [1.165, 1.54) is 4.88 Å². The van der Waals surface area contributed by atoms with Crippen LogP contribution in [0, 0.1) is 0 Å². The number of hydrogen-bond acceptors (Lipinski definition) is 3. The van der Waals surface area contributed by atoms with Crippen LogP contribution in [-0.2, 0) is 0 Å². The van der Waals surface area contributed by atoms with Gasteiger partial charge in [0.1, 0.15) is 0 Å². The molecule has 0 radical (unpaired) electrons. The molecular weight excluding hydrogens is 206 g/mol. The number of nitrogens with one attached hydrogen (secondary N) is 1. The Morgan fingerprint density at radius 3 is 2.85 bits per heavy atom. The maximum Gasteiger partial charge on any atom is 0.0931 e. The van der Waals surface area contributed by atoms with Crippen molar-refractivity contribution in [3.05, 3.63) is 21.3 Å². The Labute approximate surface area is 87.5 Å². The van der Waals surface area contributed by atoms with E-state index in [0.717, 1.165) is 17.3 Å². The number of rotatable bonds is 5. The van der Waals surface area contributed by atoms with E-state index in [4.69, 9.17) is 16.7 Å². The van der Waals surface area contributed by atoms with Crippen molar-refractivity contribution in [1.29, 1.82) is 0 Å². The Morgan fingerprint density at radius 1 is 1.62 bits per heavy atom. The zero-order valence-corrected chi connectivity index (χ0v) is 9.16. The first-order chi connectivity index (χ1) is 6.27. The molecule has 2 N–H and O–H groups in total. The molecule has 0 saturated carbocycles. The summed E-state index contributed by atoms with van der Waals surface area (Å²) in [6.07, 6.45) is 0.741. The molecule has 74 valence electrons. The van der Waals surface area contributed by atoms with Crippen molar-refractivity contribution in [3.63, 3.8) is 0 Å². The van der Waals surface area contributed by atoms with Crippen molar-refractivity contribution in [2.45, 2.75) is 19.4 Å². The van der Waals surface area contributed by atoms with Crippen LogP contribution in [0.1, 0.15) is 24.3 Å². The number of halogens is 1. The van der Waals surface area contributed by atoms with Gasteiger partial charge in [-0.1, -0.05) is 18.5 Å². The Kier molecular flexibility index (Phi) is 4.73. The monoisotopic (exact) mass is 219 g/mol. The minimum absolute atomic E-state index is 0.202. The van der Waals surface area contributed by atoms with Crippen molar-refractivity contribution in [1.82, 2.24) is 5.32 Å². The molecule has 1 aromatic rings. The summed E-state index contributed by atoms with van der Waals surface area (Å²) in [6, 6.07) is 4.15. The van der Waals surface area contributed by atoms with E-state index in [1.54, 1.807) is 11.3 Å². The molecule has 1 heterocycles. The smallest absolute Gasteiger partial charge is 0.0931 e. The second-order valence-corrected chi connectivity index (χ2v) is 4.51. The van der Waals surface area contributed by atoms with E-state index < -0.39 is 0 Å². The first-order valence-electron chi connectivity index (χ1n) is 4.37. The molecule has 0 fully saturated rings. The maximum absolute atomic E-state index is 8.86. The first kappa shape index (κ1) is 11.0. The third-order valence-electron chi connectivity index (χ3n) is 1.81. The van der Waals surface area contributed by atoms with Gasteiger partial charge in [-0.2, -0.15) is 0 Å². The van der Waals surface area contributed by atoms with Gasteiger partial charge in [0.15, 0.2) is 0 Å². The van der Waals surface area contributed by atoms with E-state index in [2.05, 4.69) is 12.2 Å². The van der Waals surface area contributed by atoms with Crippen molar-refractivity contribution >= 4 is 22.9 Å². The zero-order chi connectivity index (χ0) is 9.68. The second-order valence-electron chi connectivity index (χ2n) is 2.76. The Balaban J connectivity index is 2.63. The lowest BCUT2D eigenvalue weighted by atomic mass is 10.2. The van der Waals surface area contributed by atoms with E-state index in [0.29, 0.717) is 0 Å². The van der Waals surface area contributed by atoms with Crippen LogP contribution in [0.15, 0.2) is 12.1 Å². The van der Waals surface area contributed by atoms with Gasteiger partial charge in [-0.3, -0.25) is 0 Å². The minimum atomic E-state index is 0.202. The first-order valence-corrected chi connectivity index (χ1v) is 5.56. The molecule has 13 heavy (non-hydrogen) atoms. The average Bonchev–Trinajstić information content (AvgIpc) is 2.51. The van der Waals surface area contributed by atoms with Crippen molar-refractivity contribution in [2.24, 2.45) is 0 Å². The number of hydrogen-bond donors (Lipinski definition) is 2. The summed E-state index contributed by atoms with van der Waals surface area (Å²) in [5.41, 5.74) is 0. The van der Waals surface area contributed by atoms with Gasteiger partial charge < -0.3 is 10.4 Å². The van der Waals surface area contributed by atoms with Crippen LogP contribution < -0.4 is 5.32 Å². The largest absolute Gasteiger partial charge is 0.396 e. The highest BCUT2D eigenvalue weighted by molar-refractivity contribution is 7.16. The maximum atomic E-state index is 8.86. The molecular formula is C9H14ClNOS. The summed E-state index contributed by atoms with van der Waals surface area (Å²) < 4.78 is 0.802. The zero-order valence-electron chi connectivity index (χ0n) is 7.59. The summed E-state index contributed by atoms with van der Waals surface area (Å²) in [7, 11) is 0. The van der Waals surface area contributed by atoms with Crippen LogP contribution in [0.2, 0.25) is 4.34 Å². The highest BCUT2D eigenvalue weighted by Crippen LogP contribution is 2.28. The highest BCUT2D eigenvalue weighted by Gasteiger charge is 2.11. The average molecular weight is 220 g/mol. The van der Waals surface area contributed by atoms with Crippen LogP contribution in [-0.4, -0.2) is 18.3 Å². The molecule has 0 spiro atoms. The quantitative estimate of drug-likeness (QED) is 0.798. The summed E-state index contributed by atoms with van der Waals surface area (Å²) in [6.45, 7) is 3.16. The molecule has 0 aromatic carbocycles. The third kappa shape index (κ3) is 3.27. The molecule has 0 aliphatic carbocycles. The van der Waals surface area contributed by atoms with E-state index >= 15 is 0 Å². The summed E-state index contributed by atoms with van der Waals surface area (Å²) in [4.78, 5) is 1.20. The number of thiophene rings is 1. The normalized spacial score (nSPS) is 13.2. The third-order valence-corrected chi connectivity index (χ3v) is 3.15. The van der Waals surface area contributed by atoms with Crippen molar-refractivity contribution < 1.29 is 5.11 Å². The lowest BCUT2D eigenvalue weighted by Gasteiger charge is -2.14. The molecule has 0 aliphatic rings. The van der Waals surface area contributed by atoms with Crippen LogP contribution >= 0.6 is 22.9 Å². The SMILES string of the molecule is CCNC(CCO)c1ccc(Cl)s1. The predicted molar refractivity (Wildman–Crippen MR) is 57.4 cm³/mol. The Bertz CT molecular complexity index is 246. The Morgan fingerprint density at radius 2 is 2.38 bits per heavy atom. The summed E-state index contributed by atoms with van der Waals surface area (Å²) >= 11 is 7.40. The predicted octanol–water partition coefficient (Wildman–Crippen LogP) is 2.43. The van der Waals surface area contributed by atoms with Crippen molar-refractivity contribution in [2.75, 3.05) is 13.2 Å². The van der Waals surface area contributed by atoms with Gasteiger partial charge in [-0.15, -0.1) is 11.3 Å². The van der Waals surface area contributed by atoms with E-state index in [-0.39, 0.29) is 12.6 Å². The topological polar surface area (TPSA) is 32.3 Å². The van der Waals surface area contributed by atoms with Gasteiger partial charge in [0.05, 0.1) is 4.34 Å². The van der Waals surface area contributed by atoms with Gasteiger partial charge in [0.25, 0.3) is 0 Å². The van der Waals surface area contributed by atoms with Crippen molar-refractivity contribution in [3.8, 4) is 0 Å². The molecule has 4 heteroatoms. The highest BCUT2D eigenvalue weighted by atomic mass is 35.5. The lowest BCUT2D eigenvalue weighted by molar-refractivity contribution is 0.267. The van der Waals surface area contributed by atoms with Gasteiger partial charge in [0, 0.05) is 17.5 Å². The molecule has 1 unspecified atom stereocenters. The molecule has 0 amide bonds. The summed E-state index contributed by atoms with van der Waals surface area (Å²) in [5.74, 6) is 0. The number of aliphatic hydroxyl groups excluding tert-OH is 1. The van der Waals surface area contributed by atoms with Gasteiger partial charge in [-0.25, -0.2) is 0 Å². The van der Waals surface area contributed by atoms with Gasteiger partial charge >= 0.3 is 0 Å². The standard InChI is InChI=1S/C9H14ClNOS/c1-2-11-7(5-6-12)8-3-4-9(10)13-8/h3-4,7,11-12H,2,5-6H2,1H3. The summed E-state index contributed by atoms with van der Waals surface area (Å²) in [5, 5.41) is 12.2. The van der Waals surface area contributed by atoms with Crippen LogP contribution in [0.5, 0.6) is 0 Å². The molecule has 2 nitrogen and oxygen atoms in total. The van der Waals surface area contributed by atoms with Crippen LogP contribution in [0.4, 0.5) is 0 Å². The molecule has 1 atom stereocenters. The van der Waals surface area contributed by atoms with Gasteiger partial charge in [0.2, 0.25) is 0 Å². The fourth-order valence-corrected chi connectivity index (χ4v) is 2.41. The molecule has 0 bridgehead atoms. The van der Waals surface area contributed by atoms with Gasteiger partial charge in [-0.05, 0) is 25.1 Å². The fourth-order valence-electron chi connectivity index (χ4n) is 1.24. The molecule has 1 rings (SSSR count). The second kappa shape index (κ2) is 5.60. The minimum Gasteiger partial charge on any atom is -0.396 e. The van der Waals surface area contributed by atoms with E-state index in [1.807, 2.05) is 12.1 Å². The van der Waals surface area contributed by atoms with Crippen LogP contribution in [0.25, 0.3) is 0 Å².